The topological polar surface area (TPSA) is 45.2 Å². The highest BCUT2D eigenvalue weighted by atomic mass is 35.5. The van der Waals surface area contributed by atoms with Crippen LogP contribution in [0.2, 0.25) is 4.47 Å². The van der Waals surface area contributed by atoms with Crippen LogP contribution in [0.5, 0.6) is 0 Å². The molecule has 3 heterocycles. The van der Waals surface area contributed by atoms with Crippen molar-refractivity contribution in [2.75, 3.05) is 11.9 Å². The molecule has 0 bridgehead atoms. The number of nitrogens with zero attached hydrogens (tertiary/aromatic N) is 2. The summed E-state index contributed by atoms with van der Waals surface area (Å²) in [5.41, 5.74) is 3.58. The smallest absolute Gasteiger partial charge is 0.264 e. The average Bonchev–Trinajstić information content (AvgIpc) is 3.30. The van der Waals surface area contributed by atoms with Crippen LogP contribution in [0, 0.1) is 0 Å². The van der Waals surface area contributed by atoms with Crippen LogP contribution >= 0.6 is 34.3 Å². The Morgan fingerprint density at radius 3 is 3.00 bits per heavy atom. The molecule has 1 aliphatic heterocycles. The third kappa shape index (κ3) is 3.71. The Labute approximate surface area is 159 Å². The summed E-state index contributed by atoms with van der Waals surface area (Å²) in [5.74, 6) is 0.123. The lowest BCUT2D eigenvalue weighted by Gasteiger charge is -2.29. The van der Waals surface area contributed by atoms with Crippen molar-refractivity contribution < 1.29 is 4.79 Å². The van der Waals surface area contributed by atoms with Crippen molar-refractivity contribution >= 4 is 45.9 Å². The van der Waals surface area contributed by atoms with Gasteiger partial charge in [0.2, 0.25) is 0 Å². The van der Waals surface area contributed by atoms with E-state index in [-0.39, 0.29) is 5.91 Å². The van der Waals surface area contributed by atoms with E-state index in [9.17, 15) is 4.79 Å². The number of thiazole rings is 1. The predicted octanol–water partition coefficient (Wildman–Crippen LogP) is 4.67. The van der Waals surface area contributed by atoms with Gasteiger partial charge in [-0.25, -0.2) is 4.98 Å². The summed E-state index contributed by atoms with van der Waals surface area (Å²) in [6.45, 7) is 2.13. The molecule has 4 nitrogen and oxygen atoms in total. The van der Waals surface area contributed by atoms with E-state index in [1.165, 1.54) is 33.8 Å². The highest BCUT2D eigenvalue weighted by molar-refractivity contribution is 7.15. The van der Waals surface area contributed by atoms with Gasteiger partial charge in [0.05, 0.1) is 11.4 Å². The highest BCUT2D eigenvalue weighted by Crippen LogP contribution is 2.25. The molecule has 0 spiro atoms. The summed E-state index contributed by atoms with van der Waals surface area (Å²) >= 11 is 8.84. The predicted molar refractivity (Wildman–Crippen MR) is 104 cm³/mol. The zero-order valence-corrected chi connectivity index (χ0v) is 15.8. The summed E-state index contributed by atoms with van der Waals surface area (Å²) in [6.07, 6.45) is 2.69. The van der Waals surface area contributed by atoms with Gasteiger partial charge in [0.15, 0.2) is 4.47 Å². The second kappa shape index (κ2) is 7.15. The molecule has 1 amide bonds. The summed E-state index contributed by atoms with van der Waals surface area (Å²) < 4.78 is 0.560. The number of thiophene rings is 1. The number of halogens is 1. The first-order valence-corrected chi connectivity index (χ1v) is 10.0. The molecule has 0 atom stereocenters. The third-order valence-corrected chi connectivity index (χ3v) is 6.20. The maximum Gasteiger partial charge on any atom is 0.264 e. The van der Waals surface area contributed by atoms with E-state index in [0.29, 0.717) is 17.6 Å². The van der Waals surface area contributed by atoms with Crippen LogP contribution in [-0.4, -0.2) is 22.3 Å². The average molecular weight is 390 g/mol. The minimum Gasteiger partial charge on any atom is -0.380 e. The second-order valence-electron chi connectivity index (χ2n) is 5.87. The van der Waals surface area contributed by atoms with Crippen LogP contribution in [0.15, 0.2) is 41.9 Å². The van der Waals surface area contributed by atoms with Crippen molar-refractivity contribution in [2.24, 2.45) is 0 Å². The number of anilines is 1. The van der Waals surface area contributed by atoms with Crippen molar-refractivity contribution in [2.45, 2.75) is 19.5 Å². The van der Waals surface area contributed by atoms with Crippen molar-refractivity contribution in [1.82, 2.24) is 9.88 Å². The summed E-state index contributed by atoms with van der Waals surface area (Å²) in [7, 11) is 0. The van der Waals surface area contributed by atoms with Crippen LogP contribution in [0.25, 0.3) is 0 Å². The Hall–Kier alpha value is -1.89. The van der Waals surface area contributed by atoms with Crippen molar-refractivity contribution in [3.63, 3.8) is 0 Å². The Balaban J connectivity index is 1.46. The van der Waals surface area contributed by atoms with Crippen molar-refractivity contribution in [1.29, 1.82) is 0 Å². The minimum atomic E-state index is 0.123. The largest absolute Gasteiger partial charge is 0.380 e. The van der Waals surface area contributed by atoms with Crippen LogP contribution in [0.3, 0.4) is 0 Å². The fraction of sp³-hybridized carbons (Fsp3) is 0.222. The van der Waals surface area contributed by atoms with E-state index < -0.39 is 0 Å². The summed E-state index contributed by atoms with van der Waals surface area (Å²) in [5, 5.41) is 5.35. The molecule has 0 saturated carbocycles. The van der Waals surface area contributed by atoms with Crippen LogP contribution in [0.1, 0.15) is 25.7 Å². The number of carbonyl (C=O) groups is 1. The number of benzene rings is 1. The van der Waals surface area contributed by atoms with E-state index in [4.69, 9.17) is 11.6 Å². The van der Waals surface area contributed by atoms with E-state index >= 15 is 0 Å². The zero-order valence-electron chi connectivity index (χ0n) is 13.4. The van der Waals surface area contributed by atoms with Gasteiger partial charge in [-0.3, -0.25) is 4.79 Å². The molecule has 0 saturated heterocycles. The lowest BCUT2D eigenvalue weighted by atomic mass is 9.99. The first-order chi connectivity index (χ1) is 12.2. The lowest BCUT2D eigenvalue weighted by molar-refractivity contribution is 0.0739. The highest BCUT2D eigenvalue weighted by Gasteiger charge is 2.22. The molecule has 0 aliphatic carbocycles. The first-order valence-electron chi connectivity index (χ1n) is 7.98. The normalized spacial score (nSPS) is 13.6. The van der Waals surface area contributed by atoms with Gasteiger partial charge < -0.3 is 10.2 Å². The summed E-state index contributed by atoms with van der Waals surface area (Å²) in [6, 6.07) is 10.2. The number of hydrogen-bond donors (Lipinski definition) is 1. The van der Waals surface area contributed by atoms with Gasteiger partial charge in [-0.2, -0.15) is 0 Å². The molecule has 0 radical (unpaired) electrons. The van der Waals surface area contributed by atoms with Gasteiger partial charge >= 0.3 is 0 Å². The standard InChI is InChI=1S/C18H16ClN3OS2/c19-18-21-10-15(25-18)9-20-14-4-3-12-5-6-22(11-13(12)8-14)17(23)16-2-1-7-24-16/h1-4,7-8,10,20H,5-6,9,11H2. The molecule has 4 rings (SSSR count). The molecule has 1 aromatic carbocycles. The number of nitrogens with one attached hydrogen (secondary N) is 1. The van der Waals surface area contributed by atoms with Gasteiger partial charge in [0.25, 0.3) is 5.91 Å². The minimum absolute atomic E-state index is 0.123. The van der Waals surface area contributed by atoms with Crippen molar-refractivity contribution in [3.8, 4) is 0 Å². The van der Waals surface area contributed by atoms with E-state index in [1.807, 2.05) is 22.4 Å². The maximum absolute atomic E-state index is 12.6. The number of fused-ring (bicyclic) bond motifs is 1. The maximum atomic E-state index is 12.6. The number of aromatic nitrogens is 1. The fourth-order valence-corrected chi connectivity index (χ4v) is 4.56. The molecule has 7 heteroatoms. The van der Waals surface area contributed by atoms with Gasteiger partial charge in [0.1, 0.15) is 0 Å². The van der Waals surface area contributed by atoms with E-state index in [0.717, 1.165) is 28.4 Å². The number of rotatable bonds is 4. The Kier molecular flexibility index (Phi) is 4.74. The fourth-order valence-electron chi connectivity index (χ4n) is 2.95. The molecule has 1 N–H and O–H groups in total. The Morgan fingerprint density at radius 2 is 2.24 bits per heavy atom. The summed E-state index contributed by atoms with van der Waals surface area (Å²) in [4.78, 5) is 20.5. The molecule has 1 aliphatic rings. The van der Waals surface area contributed by atoms with Crippen LogP contribution in [-0.2, 0) is 19.5 Å². The molecule has 0 fully saturated rings. The van der Waals surface area contributed by atoms with Crippen LogP contribution < -0.4 is 5.32 Å². The molecule has 2 aromatic heterocycles. The SMILES string of the molecule is O=C(c1cccs1)N1CCc2ccc(NCc3cnc(Cl)s3)cc2C1. The number of carbonyl (C=O) groups excluding carboxylic acids is 1. The molecule has 3 aromatic rings. The Morgan fingerprint density at radius 1 is 1.32 bits per heavy atom. The Bertz CT molecular complexity index is 892. The molecule has 128 valence electrons. The first kappa shape index (κ1) is 16.6. The zero-order chi connectivity index (χ0) is 17.2. The number of hydrogen-bond acceptors (Lipinski definition) is 5. The van der Waals surface area contributed by atoms with Crippen molar-refractivity contribution in [3.05, 3.63) is 67.3 Å². The van der Waals surface area contributed by atoms with Gasteiger partial charge in [-0.05, 0) is 41.1 Å². The monoisotopic (exact) mass is 389 g/mol. The third-order valence-electron chi connectivity index (χ3n) is 4.23. The number of amides is 1. The van der Waals surface area contributed by atoms with Gasteiger partial charge in [0, 0.05) is 29.9 Å². The van der Waals surface area contributed by atoms with Gasteiger partial charge in [-0.1, -0.05) is 23.7 Å². The van der Waals surface area contributed by atoms with E-state index in [2.05, 4.69) is 28.5 Å². The molecule has 0 unspecified atom stereocenters. The molecule has 25 heavy (non-hydrogen) atoms. The molecular weight excluding hydrogens is 374 g/mol. The lowest BCUT2D eigenvalue weighted by Crippen LogP contribution is -2.35. The molecular formula is C18H16ClN3OS2. The van der Waals surface area contributed by atoms with Gasteiger partial charge in [-0.15, -0.1) is 22.7 Å². The van der Waals surface area contributed by atoms with E-state index in [1.54, 1.807) is 6.20 Å². The van der Waals surface area contributed by atoms with Crippen LogP contribution in [0.4, 0.5) is 5.69 Å². The second-order valence-corrected chi connectivity index (χ2v) is 8.52. The quantitative estimate of drug-likeness (QED) is 0.705.